The molecule has 0 radical (unpaired) electrons. The second-order valence-corrected chi connectivity index (χ2v) is 7.86. The quantitative estimate of drug-likeness (QED) is 0.617. The van der Waals surface area contributed by atoms with Gasteiger partial charge in [0.05, 0.1) is 7.11 Å². The normalized spacial score (nSPS) is 11.8. The minimum absolute atomic E-state index is 0.0395. The molecule has 0 fully saturated rings. The molecule has 0 bridgehead atoms. The fraction of sp³-hybridized carbons (Fsp3) is 0.304. The summed E-state index contributed by atoms with van der Waals surface area (Å²) in [5, 5.41) is 6.00. The average molecular weight is 411 g/mol. The Morgan fingerprint density at radius 1 is 1.14 bits per heavy atom. The Balaban J connectivity index is 1.68. The molecule has 3 aromatic rings. The Morgan fingerprint density at radius 2 is 1.86 bits per heavy atom. The molecule has 0 saturated heterocycles. The molecule has 0 spiro atoms. The molecule has 1 N–H and O–H groups in total. The first-order chi connectivity index (χ1) is 14.0. The van der Waals surface area contributed by atoms with Gasteiger partial charge in [0.1, 0.15) is 11.8 Å². The molecule has 1 aromatic heterocycles. The number of hydrogen-bond acceptors (Lipinski definition) is 4. The van der Waals surface area contributed by atoms with E-state index in [2.05, 4.69) is 22.8 Å². The Hall–Kier alpha value is -2.86. The van der Waals surface area contributed by atoms with Gasteiger partial charge in [0.15, 0.2) is 0 Å². The molecular formula is C23H26N2O3S. The highest BCUT2D eigenvalue weighted by atomic mass is 32.1. The van der Waals surface area contributed by atoms with Crippen molar-refractivity contribution in [1.29, 1.82) is 0 Å². The van der Waals surface area contributed by atoms with Crippen molar-refractivity contribution in [3.8, 4) is 5.75 Å². The van der Waals surface area contributed by atoms with Gasteiger partial charge in [0, 0.05) is 31.6 Å². The van der Waals surface area contributed by atoms with Crippen molar-refractivity contribution in [3.05, 3.63) is 65.0 Å². The zero-order chi connectivity index (χ0) is 20.8. The van der Waals surface area contributed by atoms with E-state index in [1.54, 1.807) is 37.4 Å². The van der Waals surface area contributed by atoms with Gasteiger partial charge in [0.25, 0.3) is 0 Å². The van der Waals surface area contributed by atoms with Crippen LogP contribution in [0, 0.1) is 0 Å². The van der Waals surface area contributed by atoms with Gasteiger partial charge < -0.3 is 15.0 Å². The van der Waals surface area contributed by atoms with Crippen molar-refractivity contribution in [2.45, 2.75) is 25.3 Å². The van der Waals surface area contributed by atoms with E-state index in [0.717, 1.165) is 11.3 Å². The van der Waals surface area contributed by atoms with Crippen LogP contribution in [-0.4, -0.2) is 44.0 Å². The van der Waals surface area contributed by atoms with Gasteiger partial charge in [0.2, 0.25) is 11.8 Å². The lowest BCUT2D eigenvalue weighted by atomic mass is 10.0. The summed E-state index contributed by atoms with van der Waals surface area (Å²) in [4.78, 5) is 26.9. The van der Waals surface area contributed by atoms with Gasteiger partial charge >= 0.3 is 0 Å². The van der Waals surface area contributed by atoms with Crippen LogP contribution in [0.5, 0.6) is 5.75 Å². The monoisotopic (exact) mass is 410 g/mol. The number of methoxy groups -OCH3 is 1. The molecule has 0 saturated carbocycles. The number of carbonyl (C=O) groups is 2. The van der Waals surface area contributed by atoms with Gasteiger partial charge in [-0.05, 0) is 46.5 Å². The number of likely N-dealkylation sites (N-methyl/N-ethyl adjacent to an activating group) is 2. The Kier molecular flexibility index (Phi) is 6.88. The highest BCUT2D eigenvalue weighted by Gasteiger charge is 2.26. The van der Waals surface area contributed by atoms with Crippen molar-refractivity contribution in [3.63, 3.8) is 0 Å². The lowest BCUT2D eigenvalue weighted by molar-refractivity contribution is -0.138. The van der Waals surface area contributed by atoms with E-state index in [0.29, 0.717) is 19.3 Å². The molecule has 29 heavy (non-hydrogen) atoms. The van der Waals surface area contributed by atoms with Crippen LogP contribution in [0.3, 0.4) is 0 Å². The van der Waals surface area contributed by atoms with Crippen molar-refractivity contribution in [2.75, 3.05) is 21.2 Å². The molecular weight excluding hydrogens is 384 g/mol. The van der Waals surface area contributed by atoms with Crippen LogP contribution in [0.2, 0.25) is 0 Å². The first-order valence-corrected chi connectivity index (χ1v) is 10.5. The number of carbonyl (C=O) groups excluding carboxylic acids is 2. The standard InChI is InChI=1S/C23H26N2O3S/c1-24-23(27)20(14-16-8-11-18(28-3)12-9-16)25(2)22(26)13-10-17-15-29-21-7-5-4-6-19(17)21/h4-9,11-12,15,20H,10,13-14H2,1-3H3,(H,24,27)/t20-/m1/s1. The Morgan fingerprint density at radius 3 is 2.55 bits per heavy atom. The van der Waals surface area contributed by atoms with E-state index in [1.807, 2.05) is 36.4 Å². The molecule has 6 heteroatoms. The molecule has 2 aromatic carbocycles. The minimum Gasteiger partial charge on any atom is -0.497 e. The summed E-state index contributed by atoms with van der Waals surface area (Å²) in [6, 6.07) is 15.2. The number of aryl methyl sites for hydroxylation is 1. The molecule has 0 aliphatic heterocycles. The third-order valence-electron chi connectivity index (χ3n) is 5.17. The third kappa shape index (κ3) is 4.95. The highest BCUT2D eigenvalue weighted by molar-refractivity contribution is 7.17. The first-order valence-electron chi connectivity index (χ1n) is 9.58. The molecule has 1 atom stereocenters. The van der Waals surface area contributed by atoms with Crippen LogP contribution < -0.4 is 10.1 Å². The van der Waals surface area contributed by atoms with E-state index >= 15 is 0 Å². The number of ether oxygens (including phenoxy) is 1. The van der Waals surface area contributed by atoms with E-state index in [1.165, 1.54) is 15.6 Å². The topological polar surface area (TPSA) is 58.6 Å². The van der Waals surface area contributed by atoms with Crippen molar-refractivity contribution in [1.82, 2.24) is 10.2 Å². The maximum atomic E-state index is 12.9. The lowest BCUT2D eigenvalue weighted by Crippen LogP contribution is -2.48. The van der Waals surface area contributed by atoms with Crippen LogP contribution in [0.4, 0.5) is 0 Å². The predicted octanol–water partition coefficient (Wildman–Crippen LogP) is 3.66. The van der Waals surface area contributed by atoms with Crippen LogP contribution in [0.1, 0.15) is 17.5 Å². The number of nitrogens with one attached hydrogen (secondary N) is 1. The number of hydrogen-bond donors (Lipinski definition) is 1. The van der Waals surface area contributed by atoms with Crippen LogP contribution in [-0.2, 0) is 22.4 Å². The summed E-state index contributed by atoms with van der Waals surface area (Å²) < 4.78 is 6.41. The van der Waals surface area contributed by atoms with Gasteiger partial charge in [-0.15, -0.1) is 11.3 Å². The largest absolute Gasteiger partial charge is 0.497 e. The number of amides is 2. The number of nitrogens with zero attached hydrogens (tertiary/aromatic N) is 1. The zero-order valence-electron chi connectivity index (χ0n) is 17.0. The molecule has 0 aliphatic carbocycles. The molecule has 0 unspecified atom stereocenters. The SMILES string of the molecule is CNC(=O)[C@@H](Cc1ccc(OC)cc1)N(C)C(=O)CCc1csc2ccccc12. The van der Waals surface area contributed by atoms with E-state index in [4.69, 9.17) is 4.74 Å². The smallest absolute Gasteiger partial charge is 0.242 e. The first kappa shape index (κ1) is 20.9. The van der Waals surface area contributed by atoms with E-state index < -0.39 is 6.04 Å². The number of thiophene rings is 1. The van der Waals surface area contributed by atoms with Crippen LogP contribution >= 0.6 is 11.3 Å². The van der Waals surface area contributed by atoms with Crippen molar-refractivity contribution >= 4 is 33.2 Å². The number of fused-ring (bicyclic) bond motifs is 1. The Labute approximate surface area is 175 Å². The maximum Gasteiger partial charge on any atom is 0.242 e. The molecule has 152 valence electrons. The van der Waals surface area contributed by atoms with Gasteiger partial charge in [-0.1, -0.05) is 30.3 Å². The summed E-state index contributed by atoms with van der Waals surface area (Å²) in [6.45, 7) is 0. The third-order valence-corrected chi connectivity index (χ3v) is 6.18. The molecule has 0 aliphatic rings. The molecule has 3 rings (SSSR count). The lowest BCUT2D eigenvalue weighted by Gasteiger charge is -2.27. The fourth-order valence-corrected chi connectivity index (χ4v) is 4.37. The van der Waals surface area contributed by atoms with Crippen LogP contribution in [0.15, 0.2) is 53.9 Å². The Bertz CT molecular complexity index is 981. The summed E-state index contributed by atoms with van der Waals surface area (Å²) in [5.74, 6) is 0.553. The predicted molar refractivity (Wildman–Crippen MR) is 117 cm³/mol. The highest BCUT2D eigenvalue weighted by Crippen LogP contribution is 2.26. The average Bonchev–Trinajstić information content (AvgIpc) is 3.18. The molecule has 1 heterocycles. The minimum atomic E-state index is -0.555. The summed E-state index contributed by atoms with van der Waals surface area (Å²) in [6.07, 6.45) is 1.48. The zero-order valence-corrected chi connectivity index (χ0v) is 17.8. The van der Waals surface area contributed by atoms with Gasteiger partial charge in [-0.3, -0.25) is 9.59 Å². The fourth-order valence-electron chi connectivity index (χ4n) is 3.38. The summed E-state index contributed by atoms with van der Waals surface area (Å²) in [7, 11) is 4.92. The molecule has 2 amide bonds. The number of benzene rings is 2. The van der Waals surface area contributed by atoms with Gasteiger partial charge in [-0.2, -0.15) is 0 Å². The molecule has 5 nitrogen and oxygen atoms in total. The summed E-state index contributed by atoms with van der Waals surface area (Å²) in [5.41, 5.74) is 2.15. The van der Waals surface area contributed by atoms with E-state index in [9.17, 15) is 9.59 Å². The summed E-state index contributed by atoms with van der Waals surface area (Å²) >= 11 is 1.69. The van der Waals surface area contributed by atoms with Crippen molar-refractivity contribution in [2.24, 2.45) is 0 Å². The van der Waals surface area contributed by atoms with Crippen molar-refractivity contribution < 1.29 is 14.3 Å². The van der Waals surface area contributed by atoms with E-state index in [-0.39, 0.29) is 11.8 Å². The van der Waals surface area contributed by atoms with Gasteiger partial charge in [-0.25, -0.2) is 0 Å². The van der Waals surface area contributed by atoms with Crippen LogP contribution in [0.25, 0.3) is 10.1 Å². The number of rotatable bonds is 8. The maximum absolute atomic E-state index is 12.9. The second-order valence-electron chi connectivity index (χ2n) is 6.94. The second kappa shape index (κ2) is 9.56.